The van der Waals surface area contributed by atoms with Gasteiger partial charge in [-0.1, -0.05) is 30.3 Å². The summed E-state index contributed by atoms with van der Waals surface area (Å²) < 4.78 is 12.3. The molecule has 0 fully saturated rings. The number of fused-ring (bicyclic) bond motifs is 1. The van der Waals surface area contributed by atoms with E-state index in [1.54, 1.807) is 67.9 Å². The van der Waals surface area contributed by atoms with Crippen molar-refractivity contribution in [3.05, 3.63) is 94.9 Å². The van der Waals surface area contributed by atoms with Gasteiger partial charge in [-0.2, -0.15) is 0 Å². The monoisotopic (exact) mass is 414 g/mol. The summed E-state index contributed by atoms with van der Waals surface area (Å²) in [4.78, 5) is 26.4. The van der Waals surface area contributed by atoms with Crippen molar-refractivity contribution in [3.8, 4) is 17.2 Å². The Morgan fingerprint density at radius 2 is 1.61 bits per heavy atom. The Balaban J connectivity index is 1.82. The number of ether oxygens (including phenoxy) is 2. The molecule has 156 valence electrons. The number of benzene rings is 3. The lowest BCUT2D eigenvalue weighted by Gasteiger charge is -2.14. The lowest BCUT2D eigenvalue weighted by atomic mass is 10.1. The topological polar surface area (TPSA) is 69.6 Å². The molecular weight excluding hydrogens is 392 g/mol. The van der Waals surface area contributed by atoms with E-state index in [1.165, 1.54) is 4.57 Å². The van der Waals surface area contributed by atoms with Gasteiger partial charge in [-0.15, -0.1) is 0 Å². The van der Waals surface area contributed by atoms with Crippen molar-refractivity contribution in [3.63, 3.8) is 0 Å². The van der Waals surface area contributed by atoms with Crippen molar-refractivity contribution in [1.29, 1.82) is 0 Å². The quantitative estimate of drug-likeness (QED) is 0.499. The molecular formula is C25H22N2O4. The van der Waals surface area contributed by atoms with Gasteiger partial charge in [0.15, 0.2) is 0 Å². The van der Waals surface area contributed by atoms with Crippen LogP contribution in [0.3, 0.4) is 0 Å². The summed E-state index contributed by atoms with van der Waals surface area (Å²) in [6.07, 6.45) is 1.57. The van der Waals surface area contributed by atoms with Gasteiger partial charge in [0.1, 0.15) is 11.5 Å². The number of amides is 1. The molecule has 6 heteroatoms. The number of carbonyl (C=O) groups excluding carboxylic acids is 1. The van der Waals surface area contributed by atoms with Crippen molar-refractivity contribution in [1.82, 2.24) is 4.57 Å². The van der Waals surface area contributed by atoms with E-state index in [0.29, 0.717) is 45.8 Å². The molecule has 0 saturated heterocycles. The zero-order valence-electron chi connectivity index (χ0n) is 17.3. The fourth-order valence-electron chi connectivity index (χ4n) is 3.45. The van der Waals surface area contributed by atoms with E-state index in [4.69, 9.17) is 9.47 Å². The second-order valence-electron chi connectivity index (χ2n) is 6.84. The Kier molecular flexibility index (Phi) is 5.71. The molecule has 0 aliphatic heterocycles. The van der Waals surface area contributed by atoms with Crippen LogP contribution >= 0.6 is 0 Å². The van der Waals surface area contributed by atoms with Crippen molar-refractivity contribution >= 4 is 22.4 Å². The SMILES string of the molecule is CCOc1ccccc1NC(=O)c1cn(-c2ccc(OC)cc2)c(=O)c2ccccc12. The van der Waals surface area contributed by atoms with Gasteiger partial charge in [0, 0.05) is 22.7 Å². The summed E-state index contributed by atoms with van der Waals surface area (Å²) in [5.41, 5.74) is 1.39. The molecule has 4 rings (SSSR count). The van der Waals surface area contributed by atoms with Gasteiger partial charge < -0.3 is 14.8 Å². The first-order valence-electron chi connectivity index (χ1n) is 9.94. The number of methoxy groups -OCH3 is 1. The minimum Gasteiger partial charge on any atom is -0.497 e. The number of anilines is 1. The summed E-state index contributed by atoms with van der Waals surface area (Å²) in [5.74, 6) is 0.944. The van der Waals surface area contributed by atoms with Gasteiger partial charge in [-0.25, -0.2) is 0 Å². The minimum absolute atomic E-state index is 0.202. The van der Waals surface area contributed by atoms with Gasteiger partial charge in [-0.3, -0.25) is 14.2 Å². The summed E-state index contributed by atoms with van der Waals surface area (Å²) in [7, 11) is 1.58. The van der Waals surface area contributed by atoms with Crippen LogP contribution in [0, 0.1) is 0 Å². The van der Waals surface area contributed by atoms with E-state index in [0.717, 1.165) is 0 Å². The minimum atomic E-state index is -0.328. The van der Waals surface area contributed by atoms with E-state index >= 15 is 0 Å². The summed E-state index contributed by atoms with van der Waals surface area (Å²) in [6.45, 7) is 2.37. The molecule has 1 N–H and O–H groups in total. The number of rotatable bonds is 6. The predicted molar refractivity (Wildman–Crippen MR) is 122 cm³/mol. The number of hydrogen-bond acceptors (Lipinski definition) is 4. The number of carbonyl (C=O) groups is 1. The van der Waals surface area contributed by atoms with Crippen molar-refractivity contribution in [2.75, 3.05) is 19.0 Å². The van der Waals surface area contributed by atoms with Crippen molar-refractivity contribution < 1.29 is 14.3 Å². The van der Waals surface area contributed by atoms with E-state index < -0.39 is 0 Å². The van der Waals surface area contributed by atoms with Gasteiger partial charge in [0.25, 0.3) is 11.5 Å². The molecule has 0 unspecified atom stereocenters. The Labute approximate surface area is 179 Å². The Bertz CT molecular complexity index is 1290. The zero-order valence-corrected chi connectivity index (χ0v) is 17.3. The Morgan fingerprint density at radius 1 is 0.935 bits per heavy atom. The summed E-state index contributed by atoms with van der Waals surface area (Å²) >= 11 is 0. The number of nitrogens with zero attached hydrogens (tertiary/aromatic N) is 1. The molecule has 1 heterocycles. The van der Waals surface area contributed by atoms with Crippen molar-refractivity contribution in [2.24, 2.45) is 0 Å². The normalized spacial score (nSPS) is 10.6. The molecule has 1 aromatic heterocycles. The van der Waals surface area contributed by atoms with E-state index in [1.807, 2.05) is 25.1 Å². The van der Waals surface area contributed by atoms with Gasteiger partial charge in [-0.05, 0) is 49.4 Å². The molecule has 0 atom stereocenters. The maximum absolute atomic E-state index is 13.3. The lowest BCUT2D eigenvalue weighted by molar-refractivity contribution is 0.102. The smallest absolute Gasteiger partial charge is 0.262 e. The van der Waals surface area contributed by atoms with Crippen LogP contribution in [-0.4, -0.2) is 24.2 Å². The van der Waals surface area contributed by atoms with Crippen LogP contribution in [0.2, 0.25) is 0 Å². The number of nitrogens with one attached hydrogen (secondary N) is 1. The average Bonchev–Trinajstić information content (AvgIpc) is 2.81. The third-order valence-corrected chi connectivity index (χ3v) is 4.95. The Morgan fingerprint density at radius 3 is 2.32 bits per heavy atom. The fourth-order valence-corrected chi connectivity index (χ4v) is 3.45. The van der Waals surface area contributed by atoms with E-state index in [2.05, 4.69) is 5.32 Å². The summed E-state index contributed by atoms with van der Waals surface area (Å²) in [5, 5.41) is 3.97. The second-order valence-corrected chi connectivity index (χ2v) is 6.84. The maximum Gasteiger partial charge on any atom is 0.262 e. The third-order valence-electron chi connectivity index (χ3n) is 4.95. The molecule has 0 aliphatic rings. The highest BCUT2D eigenvalue weighted by atomic mass is 16.5. The number of para-hydroxylation sites is 2. The van der Waals surface area contributed by atoms with E-state index in [-0.39, 0.29) is 11.5 Å². The standard InChI is InChI=1S/C25H22N2O4/c1-3-31-23-11-7-6-10-22(23)26-24(28)21-16-27(17-12-14-18(30-2)15-13-17)25(29)20-9-5-4-8-19(20)21/h4-16H,3H2,1-2H3,(H,26,28). The van der Waals surface area contributed by atoms with Crippen LogP contribution in [0.25, 0.3) is 16.5 Å². The van der Waals surface area contributed by atoms with Crippen LogP contribution in [0.5, 0.6) is 11.5 Å². The highest BCUT2D eigenvalue weighted by Crippen LogP contribution is 2.26. The van der Waals surface area contributed by atoms with Crippen LogP contribution in [0.1, 0.15) is 17.3 Å². The molecule has 31 heavy (non-hydrogen) atoms. The van der Waals surface area contributed by atoms with Gasteiger partial charge in [0.05, 0.1) is 25.0 Å². The van der Waals surface area contributed by atoms with Gasteiger partial charge in [0.2, 0.25) is 0 Å². The first kappa shape index (κ1) is 20.2. The molecule has 3 aromatic carbocycles. The molecule has 0 spiro atoms. The highest BCUT2D eigenvalue weighted by Gasteiger charge is 2.17. The highest BCUT2D eigenvalue weighted by molar-refractivity contribution is 6.13. The molecule has 4 aromatic rings. The molecule has 0 aliphatic carbocycles. The first-order valence-corrected chi connectivity index (χ1v) is 9.94. The largest absolute Gasteiger partial charge is 0.497 e. The molecule has 0 radical (unpaired) electrons. The zero-order chi connectivity index (χ0) is 21.8. The fraction of sp³-hybridized carbons (Fsp3) is 0.120. The van der Waals surface area contributed by atoms with Crippen LogP contribution < -0.4 is 20.3 Å². The van der Waals surface area contributed by atoms with Crippen LogP contribution in [0.15, 0.2) is 83.8 Å². The first-order chi connectivity index (χ1) is 15.1. The van der Waals surface area contributed by atoms with Gasteiger partial charge >= 0.3 is 0 Å². The van der Waals surface area contributed by atoms with Crippen LogP contribution in [-0.2, 0) is 0 Å². The third kappa shape index (κ3) is 4.00. The van der Waals surface area contributed by atoms with Crippen molar-refractivity contribution in [2.45, 2.75) is 6.92 Å². The number of hydrogen-bond donors (Lipinski definition) is 1. The maximum atomic E-state index is 13.3. The number of pyridine rings is 1. The second kappa shape index (κ2) is 8.75. The Hall–Kier alpha value is -4.06. The summed E-state index contributed by atoms with van der Waals surface area (Å²) in [6, 6.07) is 21.5. The molecule has 1 amide bonds. The van der Waals surface area contributed by atoms with Crippen LogP contribution in [0.4, 0.5) is 5.69 Å². The lowest BCUT2D eigenvalue weighted by Crippen LogP contribution is -2.22. The number of aromatic nitrogens is 1. The molecule has 0 saturated carbocycles. The molecule has 0 bridgehead atoms. The van der Waals surface area contributed by atoms with E-state index in [9.17, 15) is 9.59 Å². The average molecular weight is 414 g/mol. The molecule has 6 nitrogen and oxygen atoms in total. The predicted octanol–water partition coefficient (Wildman–Crippen LogP) is 4.65.